The highest BCUT2D eigenvalue weighted by Gasteiger charge is 2.20. The minimum atomic E-state index is -0.662. The lowest BCUT2D eigenvalue weighted by Gasteiger charge is -2.22. The number of hydrogen-bond donors (Lipinski definition) is 3. The summed E-state index contributed by atoms with van der Waals surface area (Å²) in [6.45, 7) is 4.99. The molecule has 77 heavy (non-hydrogen) atoms. The molecule has 0 aliphatic heterocycles. The Labute approximate surface area is 482 Å². The number of aliphatic hydroxyl groups is 2. The van der Waals surface area contributed by atoms with E-state index >= 15 is 0 Å². The van der Waals surface area contributed by atoms with Gasteiger partial charge in [0.2, 0.25) is 5.91 Å². The highest BCUT2D eigenvalue weighted by molar-refractivity contribution is 5.76. The van der Waals surface area contributed by atoms with Crippen LogP contribution in [0.25, 0.3) is 0 Å². The Bertz CT molecular complexity index is 1160. The van der Waals surface area contributed by atoms with Crippen LogP contribution in [0.3, 0.4) is 0 Å². The Morgan fingerprint density at radius 2 is 0.610 bits per heavy atom. The Morgan fingerprint density at radius 1 is 0.351 bits per heavy atom. The van der Waals surface area contributed by atoms with Crippen molar-refractivity contribution in [3.8, 4) is 0 Å². The largest absolute Gasteiger partial charge is 0.466 e. The zero-order valence-corrected chi connectivity index (χ0v) is 52.5. The molecule has 0 aromatic carbocycles. The minimum Gasteiger partial charge on any atom is -0.466 e. The number of carbonyl (C=O) groups excluding carboxylic acids is 2. The molecule has 6 nitrogen and oxygen atoms in total. The number of hydrogen-bond acceptors (Lipinski definition) is 5. The van der Waals surface area contributed by atoms with Crippen LogP contribution in [0.4, 0.5) is 0 Å². The summed E-state index contributed by atoms with van der Waals surface area (Å²) in [6, 6.07) is -0.540. The molecular formula is C71H139NO5. The third-order valence-corrected chi connectivity index (χ3v) is 16.8. The molecule has 0 rings (SSSR count). The fraction of sp³-hybridized carbons (Fsp3) is 0.944. The first-order valence-corrected chi connectivity index (χ1v) is 35.4. The summed E-state index contributed by atoms with van der Waals surface area (Å²) in [6.07, 6.45) is 82.6. The van der Waals surface area contributed by atoms with Gasteiger partial charge in [-0.15, -0.1) is 0 Å². The highest BCUT2D eigenvalue weighted by atomic mass is 16.5. The molecule has 0 saturated carbocycles. The topological polar surface area (TPSA) is 95.9 Å². The number of carbonyl (C=O) groups is 2. The summed E-state index contributed by atoms with van der Waals surface area (Å²) in [5, 5.41) is 23.3. The zero-order valence-electron chi connectivity index (χ0n) is 52.5. The van der Waals surface area contributed by atoms with Crippen LogP contribution < -0.4 is 5.32 Å². The molecule has 0 fully saturated rings. The van der Waals surface area contributed by atoms with Gasteiger partial charge in [-0.1, -0.05) is 353 Å². The molecule has 0 radical (unpaired) electrons. The molecule has 0 heterocycles. The summed E-state index contributed by atoms with van der Waals surface area (Å²) < 4.78 is 5.51. The van der Waals surface area contributed by atoms with E-state index in [1.54, 1.807) is 0 Å². The first-order chi connectivity index (χ1) is 38.0. The number of ether oxygens (including phenoxy) is 1. The first kappa shape index (κ1) is 75.6. The molecular weight excluding hydrogens is 947 g/mol. The van der Waals surface area contributed by atoms with Crippen molar-refractivity contribution < 1.29 is 24.5 Å². The Balaban J connectivity index is 3.34. The summed E-state index contributed by atoms with van der Waals surface area (Å²) in [5.41, 5.74) is 0. The fourth-order valence-corrected chi connectivity index (χ4v) is 11.4. The lowest BCUT2D eigenvalue weighted by atomic mass is 10.0. The van der Waals surface area contributed by atoms with Crippen LogP contribution in [0.1, 0.15) is 406 Å². The van der Waals surface area contributed by atoms with Gasteiger partial charge in [-0.25, -0.2) is 0 Å². The number of aliphatic hydroxyl groups excluding tert-OH is 2. The van der Waals surface area contributed by atoms with Crippen LogP contribution >= 0.6 is 0 Å². The number of allylic oxidation sites excluding steroid dienone is 2. The van der Waals surface area contributed by atoms with Crippen LogP contribution in [0, 0.1) is 0 Å². The van der Waals surface area contributed by atoms with Crippen molar-refractivity contribution in [3.05, 3.63) is 12.2 Å². The first-order valence-electron chi connectivity index (χ1n) is 35.4. The standard InChI is InChI=1S/C71H139NO5/c1-3-5-7-9-11-13-15-17-19-33-37-41-45-49-53-57-61-65-71(76)77-66-62-58-54-50-46-42-38-35-32-30-28-26-24-22-20-21-23-25-27-29-31-34-36-40-44-48-52-56-60-64-70(75)72-68(67-73)69(74)63-59-55-51-47-43-39-18-16-14-12-10-8-6-4-2/h20,22,68-69,73-74H,3-19,21,23-67H2,1-2H3,(H,72,75)/b22-20-. The van der Waals surface area contributed by atoms with Crippen LogP contribution in [0.2, 0.25) is 0 Å². The van der Waals surface area contributed by atoms with Crippen molar-refractivity contribution in [2.45, 2.75) is 418 Å². The van der Waals surface area contributed by atoms with E-state index in [4.69, 9.17) is 4.74 Å². The monoisotopic (exact) mass is 1090 g/mol. The number of amides is 1. The normalized spacial score (nSPS) is 12.5. The second-order valence-electron chi connectivity index (χ2n) is 24.6. The summed E-state index contributed by atoms with van der Waals surface area (Å²) in [5.74, 6) is -0.00986. The summed E-state index contributed by atoms with van der Waals surface area (Å²) >= 11 is 0. The van der Waals surface area contributed by atoms with E-state index in [2.05, 4.69) is 31.3 Å². The maximum absolute atomic E-state index is 12.5. The van der Waals surface area contributed by atoms with E-state index in [0.29, 0.717) is 25.9 Å². The van der Waals surface area contributed by atoms with Gasteiger partial charge in [-0.05, 0) is 51.4 Å². The molecule has 0 aromatic rings. The molecule has 458 valence electrons. The van der Waals surface area contributed by atoms with Crippen molar-refractivity contribution >= 4 is 11.9 Å². The third-order valence-electron chi connectivity index (χ3n) is 16.8. The molecule has 0 saturated heterocycles. The summed E-state index contributed by atoms with van der Waals surface area (Å²) in [7, 11) is 0. The van der Waals surface area contributed by atoms with Gasteiger partial charge >= 0.3 is 5.97 Å². The summed E-state index contributed by atoms with van der Waals surface area (Å²) in [4.78, 5) is 24.6. The molecule has 0 spiro atoms. The van der Waals surface area contributed by atoms with Gasteiger partial charge in [-0.2, -0.15) is 0 Å². The molecule has 1 amide bonds. The predicted octanol–water partition coefficient (Wildman–Crippen LogP) is 22.8. The van der Waals surface area contributed by atoms with Crippen molar-refractivity contribution in [1.29, 1.82) is 0 Å². The van der Waals surface area contributed by atoms with Gasteiger partial charge in [0, 0.05) is 12.8 Å². The van der Waals surface area contributed by atoms with Crippen LogP contribution in [-0.2, 0) is 14.3 Å². The average Bonchev–Trinajstić information content (AvgIpc) is 3.43. The Morgan fingerprint density at radius 3 is 0.922 bits per heavy atom. The smallest absolute Gasteiger partial charge is 0.305 e. The quantitative estimate of drug-likeness (QED) is 0.0320. The fourth-order valence-electron chi connectivity index (χ4n) is 11.4. The Kier molecular flexibility index (Phi) is 65.9. The zero-order chi connectivity index (χ0) is 55.7. The average molecular weight is 1090 g/mol. The van der Waals surface area contributed by atoms with E-state index in [1.165, 1.54) is 334 Å². The van der Waals surface area contributed by atoms with Crippen LogP contribution in [0.15, 0.2) is 12.2 Å². The molecule has 3 N–H and O–H groups in total. The van der Waals surface area contributed by atoms with Crippen molar-refractivity contribution in [2.24, 2.45) is 0 Å². The van der Waals surface area contributed by atoms with E-state index in [9.17, 15) is 19.8 Å². The highest BCUT2D eigenvalue weighted by Crippen LogP contribution is 2.19. The van der Waals surface area contributed by atoms with Gasteiger partial charge in [0.1, 0.15) is 0 Å². The van der Waals surface area contributed by atoms with Gasteiger partial charge in [0.05, 0.1) is 25.4 Å². The van der Waals surface area contributed by atoms with Gasteiger partial charge in [0.25, 0.3) is 0 Å². The maximum Gasteiger partial charge on any atom is 0.305 e. The van der Waals surface area contributed by atoms with Crippen molar-refractivity contribution in [1.82, 2.24) is 5.32 Å². The second kappa shape index (κ2) is 67.1. The Hall–Kier alpha value is -1.40. The van der Waals surface area contributed by atoms with E-state index in [0.717, 1.165) is 38.5 Å². The second-order valence-corrected chi connectivity index (χ2v) is 24.6. The van der Waals surface area contributed by atoms with E-state index < -0.39 is 12.1 Å². The van der Waals surface area contributed by atoms with E-state index in [-0.39, 0.29) is 18.5 Å². The number of unbranched alkanes of at least 4 members (excludes halogenated alkanes) is 54. The number of rotatable bonds is 67. The van der Waals surface area contributed by atoms with Gasteiger partial charge in [0.15, 0.2) is 0 Å². The van der Waals surface area contributed by atoms with Crippen LogP contribution in [0.5, 0.6) is 0 Å². The lowest BCUT2D eigenvalue weighted by molar-refractivity contribution is -0.143. The molecule has 0 aromatic heterocycles. The molecule has 2 atom stereocenters. The molecule has 0 bridgehead atoms. The van der Waals surface area contributed by atoms with E-state index in [1.807, 2.05) is 0 Å². The lowest BCUT2D eigenvalue weighted by Crippen LogP contribution is -2.45. The molecule has 2 unspecified atom stereocenters. The SMILES string of the molecule is CCCCCCCCCCCCCCCCCCCC(=O)OCCCCCCCCCCCCCC/C=C\CCCCCCCCCCCCCCCC(=O)NC(CO)C(O)CCCCCCCCCCCCCCCC. The van der Waals surface area contributed by atoms with Gasteiger partial charge < -0.3 is 20.3 Å². The maximum atomic E-state index is 12.5. The van der Waals surface area contributed by atoms with Crippen molar-refractivity contribution in [3.63, 3.8) is 0 Å². The third kappa shape index (κ3) is 63.6. The van der Waals surface area contributed by atoms with Crippen molar-refractivity contribution in [2.75, 3.05) is 13.2 Å². The van der Waals surface area contributed by atoms with Crippen LogP contribution in [-0.4, -0.2) is 47.4 Å². The molecule has 0 aliphatic rings. The number of nitrogens with one attached hydrogen (secondary N) is 1. The predicted molar refractivity (Wildman–Crippen MR) is 338 cm³/mol. The molecule has 6 heteroatoms. The van der Waals surface area contributed by atoms with Gasteiger partial charge in [-0.3, -0.25) is 9.59 Å². The number of esters is 1. The molecule has 0 aliphatic carbocycles. The minimum absolute atomic E-state index is 0.0214.